The van der Waals surface area contributed by atoms with Crippen LogP contribution in [0.3, 0.4) is 0 Å². The predicted octanol–water partition coefficient (Wildman–Crippen LogP) is 4.64. The van der Waals surface area contributed by atoms with E-state index >= 15 is 0 Å². The van der Waals surface area contributed by atoms with Gasteiger partial charge < -0.3 is 29.8 Å². The molecule has 0 saturated carbocycles. The van der Waals surface area contributed by atoms with Crippen molar-refractivity contribution in [1.29, 1.82) is 0 Å². The van der Waals surface area contributed by atoms with Gasteiger partial charge in [-0.1, -0.05) is 0 Å². The average Bonchev–Trinajstić information content (AvgIpc) is 3.34. The molecule has 8 nitrogen and oxygen atoms in total. The standard InChI is InChI=1S/C26H26F2N2O6/c1-11-5-15-7-17(27)9-19(23(15)33-11)21(13(3)29)35-25(31)26(32)36-22(14(4)30)20-10-18(28)8-16-6-12(2)34-24(16)20/h5-10,13-14,21-22H,29-30H2,1-4H3. The molecule has 4 atom stereocenters. The quantitative estimate of drug-likeness (QED) is 0.289. The fraction of sp³-hybridized carbons (Fsp3) is 0.308. The third kappa shape index (κ3) is 4.95. The van der Waals surface area contributed by atoms with Crippen LogP contribution in [0.5, 0.6) is 0 Å². The van der Waals surface area contributed by atoms with Crippen molar-refractivity contribution in [3.05, 3.63) is 70.7 Å². The van der Waals surface area contributed by atoms with E-state index in [1.54, 1.807) is 26.0 Å². The molecule has 190 valence electrons. The van der Waals surface area contributed by atoms with E-state index in [1.165, 1.54) is 26.0 Å². The van der Waals surface area contributed by atoms with Crippen LogP contribution in [-0.4, -0.2) is 24.0 Å². The number of aryl methyl sites for hydroxylation is 2. The molecule has 2 heterocycles. The first-order chi connectivity index (χ1) is 16.9. The number of ether oxygens (including phenoxy) is 2. The number of fused-ring (bicyclic) bond motifs is 2. The van der Waals surface area contributed by atoms with Crippen LogP contribution >= 0.6 is 0 Å². The summed E-state index contributed by atoms with van der Waals surface area (Å²) in [6.45, 7) is 6.43. The minimum Gasteiger partial charge on any atom is -0.461 e. The topological polar surface area (TPSA) is 131 Å². The zero-order chi connectivity index (χ0) is 26.3. The zero-order valence-electron chi connectivity index (χ0n) is 20.1. The van der Waals surface area contributed by atoms with Gasteiger partial charge in [0.15, 0.2) is 0 Å². The predicted molar refractivity (Wildman–Crippen MR) is 127 cm³/mol. The van der Waals surface area contributed by atoms with E-state index in [1.807, 2.05) is 0 Å². The Balaban J connectivity index is 1.62. The van der Waals surface area contributed by atoms with Crippen LogP contribution in [-0.2, 0) is 19.1 Å². The Kier molecular flexibility index (Phi) is 6.83. The Hall–Kier alpha value is -3.76. The summed E-state index contributed by atoms with van der Waals surface area (Å²) < 4.78 is 50.5. The first-order valence-electron chi connectivity index (χ1n) is 11.3. The molecule has 0 radical (unpaired) electrons. The van der Waals surface area contributed by atoms with Crippen molar-refractivity contribution in [2.75, 3.05) is 0 Å². The summed E-state index contributed by atoms with van der Waals surface area (Å²) >= 11 is 0. The van der Waals surface area contributed by atoms with Crippen LogP contribution in [0.2, 0.25) is 0 Å². The maximum atomic E-state index is 14.3. The number of hydrogen-bond donors (Lipinski definition) is 2. The monoisotopic (exact) mass is 500 g/mol. The van der Waals surface area contributed by atoms with Crippen molar-refractivity contribution in [3.63, 3.8) is 0 Å². The lowest BCUT2D eigenvalue weighted by atomic mass is 10.0. The molecule has 0 aliphatic carbocycles. The fourth-order valence-electron chi connectivity index (χ4n) is 4.20. The highest BCUT2D eigenvalue weighted by atomic mass is 19.1. The van der Waals surface area contributed by atoms with Gasteiger partial charge in [0.2, 0.25) is 0 Å². The highest BCUT2D eigenvalue weighted by Crippen LogP contribution is 2.34. The van der Waals surface area contributed by atoms with Gasteiger partial charge in [-0.05, 0) is 64.1 Å². The summed E-state index contributed by atoms with van der Waals surface area (Å²) in [5.41, 5.74) is 12.9. The molecule has 4 rings (SSSR count). The minimum absolute atomic E-state index is 0.163. The highest BCUT2D eigenvalue weighted by molar-refractivity contribution is 6.29. The van der Waals surface area contributed by atoms with Gasteiger partial charge in [-0.25, -0.2) is 18.4 Å². The van der Waals surface area contributed by atoms with E-state index in [0.717, 1.165) is 12.1 Å². The zero-order valence-corrected chi connectivity index (χ0v) is 20.1. The second-order valence-electron chi connectivity index (χ2n) is 8.91. The number of hydrogen-bond acceptors (Lipinski definition) is 8. The Morgan fingerprint density at radius 1 is 0.722 bits per heavy atom. The normalized spacial score (nSPS) is 15.0. The maximum absolute atomic E-state index is 14.3. The van der Waals surface area contributed by atoms with Gasteiger partial charge in [-0.15, -0.1) is 0 Å². The molecule has 36 heavy (non-hydrogen) atoms. The minimum atomic E-state index is -1.38. The van der Waals surface area contributed by atoms with Gasteiger partial charge in [-0.3, -0.25) is 0 Å². The highest BCUT2D eigenvalue weighted by Gasteiger charge is 2.33. The van der Waals surface area contributed by atoms with Crippen LogP contribution < -0.4 is 11.5 Å². The molecule has 0 aliphatic heterocycles. The summed E-state index contributed by atoms with van der Waals surface area (Å²) in [7, 11) is 0. The Bertz CT molecular complexity index is 1350. The number of furan rings is 2. The lowest BCUT2D eigenvalue weighted by molar-refractivity contribution is -0.175. The van der Waals surface area contributed by atoms with Crippen molar-refractivity contribution in [2.45, 2.75) is 52.0 Å². The van der Waals surface area contributed by atoms with Gasteiger partial charge in [0, 0.05) is 34.0 Å². The lowest BCUT2D eigenvalue weighted by Crippen LogP contribution is -2.35. The second-order valence-corrected chi connectivity index (χ2v) is 8.91. The lowest BCUT2D eigenvalue weighted by Gasteiger charge is -2.24. The first-order valence-corrected chi connectivity index (χ1v) is 11.3. The summed E-state index contributed by atoms with van der Waals surface area (Å²) in [6, 6.07) is 6.38. The van der Waals surface area contributed by atoms with E-state index in [9.17, 15) is 18.4 Å². The molecule has 0 aliphatic rings. The molecule has 4 N–H and O–H groups in total. The number of carbonyl (C=O) groups is 2. The molecule has 10 heteroatoms. The van der Waals surface area contributed by atoms with E-state index in [4.69, 9.17) is 29.8 Å². The van der Waals surface area contributed by atoms with Crippen LogP contribution in [0.15, 0.2) is 45.2 Å². The Morgan fingerprint density at radius 3 is 1.42 bits per heavy atom. The smallest absolute Gasteiger partial charge is 0.418 e. The average molecular weight is 500 g/mol. The number of nitrogens with two attached hydrogens (primary N) is 2. The number of halogens is 2. The Morgan fingerprint density at radius 2 is 1.08 bits per heavy atom. The SMILES string of the molecule is Cc1cc2cc(F)cc(C(OC(=O)C(=O)OC(c3cc(F)cc4cc(C)oc34)C(C)N)C(C)N)c2o1. The van der Waals surface area contributed by atoms with Crippen molar-refractivity contribution in [3.8, 4) is 0 Å². The van der Waals surface area contributed by atoms with E-state index in [-0.39, 0.29) is 22.3 Å². The van der Waals surface area contributed by atoms with Gasteiger partial charge in [0.05, 0.1) is 0 Å². The molecule has 0 bridgehead atoms. The molecule has 4 unspecified atom stereocenters. The third-order valence-corrected chi connectivity index (χ3v) is 5.67. The summed E-state index contributed by atoms with van der Waals surface area (Å²) in [5, 5.41) is 0.903. The third-order valence-electron chi connectivity index (χ3n) is 5.67. The molecule has 0 saturated heterocycles. The molecule has 4 aromatic rings. The van der Waals surface area contributed by atoms with Crippen LogP contribution in [0, 0.1) is 25.5 Å². The van der Waals surface area contributed by atoms with Crippen molar-refractivity contribution in [1.82, 2.24) is 0 Å². The number of carbonyl (C=O) groups excluding carboxylic acids is 2. The summed E-state index contributed by atoms with van der Waals surface area (Å²) in [6.07, 6.45) is -2.45. The molecular weight excluding hydrogens is 474 g/mol. The number of rotatable bonds is 6. The van der Waals surface area contributed by atoms with Gasteiger partial charge in [0.25, 0.3) is 0 Å². The Labute approximate surface area is 205 Å². The summed E-state index contributed by atoms with van der Waals surface area (Å²) in [5.74, 6) is -2.92. The fourth-order valence-corrected chi connectivity index (χ4v) is 4.20. The molecule has 0 amide bonds. The maximum Gasteiger partial charge on any atom is 0.418 e. The van der Waals surface area contributed by atoms with Crippen molar-refractivity contribution >= 4 is 33.9 Å². The van der Waals surface area contributed by atoms with Gasteiger partial charge in [0.1, 0.15) is 46.5 Å². The van der Waals surface area contributed by atoms with Gasteiger partial charge in [-0.2, -0.15) is 0 Å². The first kappa shape index (κ1) is 25.3. The van der Waals surface area contributed by atoms with Crippen molar-refractivity contribution in [2.24, 2.45) is 11.5 Å². The number of esters is 2. The second kappa shape index (κ2) is 9.71. The van der Waals surface area contributed by atoms with Crippen LogP contribution in [0.1, 0.15) is 48.7 Å². The van der Waals surface area contributed by atoms with Gasteiger partial charge >= 0.3 is 11.9 Å². The largest absolute Gasteiger partial charge is 0.461 e. The van der Waals surface area contributed by atoms with E-state index < -0.39 is 47.9 Å². The van der Waals surface area contributed by atoms with E-state index in [2.05, 4.69) is 0 Å². The number of benzene rings is 2. The molecule has 2 aromatic heterocycles. The molecule has 0 fully saturated rings. The van der Waals surface area contributed by atoms with Crippen LogP contribution in [0.4, 0.5) is 8.78 Å². The molecular formula is C26H26F2N2O6. The van der Waals surface area contributed by atoms with Crippen molar-refractivity contribution < 1.29 is 36.7 Å². The molecule has 0 spiro atoms. The van der Waals surface area contributed by atoms with E-state index in [0.29, 0.717) is 22.3 Å². The molecule has 2 aromatic carbocycles. The summed E-state index contributed by atoms with van der Waals surface area (Å²) in [4.78, 5) is 25.5. The van der Waals surface area contributed by atoms with Crippen LogP contribution in [0.25, 0.3) is 21.9 Å².